The van der Waals surface area contributed by atoms with Crippen LogP contribution in [0.15, 0.2) is 84.9 Å². The molecule has 384 valence electrons. The first kappa shape index (κ1) is 54.2. The molecule has 2 amide bonds. The van der Waals surface area contributed by atoms with Gasteiger partial charge in [-0.05, 0) is 107 Å². The van der Waals surface area contributed by atoms with Gasteiger partial charge in [-0.2, -0.15) is 26.3 Å². The Balaban J connectivity index is 0.000000233. The van der Waals surface area contributed by atoms with E-state index in [1.807, 2.05) is 0 Å². The number of rotatable bonds is 14. The molecule has 1 aliphatic rings. The summed E-state index contributed by atoms with van der Waals surface area (Å²) in [6.45, 7) is 7.87. The van der Waals surface area contributed by atoms with Crippen molar-refractivity contribution in [2.75, 3.05) is 54.6 Å². The summed E-state index contributed by atoms with van der Waals surface area (Å²) < 4.78 is 129. The minimum absolute atomic E-state index is 0.159. The summed E-state index contributed by atoms with van der Waals surface area (Å²) in [5, 5.41) is 23.2. The van der Waals surface area contributed by atoms with E-state index in [-0.39, 0.29) is 45.8 Å². The first-order chi connectivity index (χ1) is 33.0. The van der Waals surface area contributed by atoms with Gasteiger partial charge in [0.15, 0.2) is 11.2 Å². The van der Waals surface area contributed by atoms with Gasteiger partial charge in [0.1, 0.15) is 23.1 Å². The molecule has 7 rings (SSSR count). The highest BCUT2D eigenvalue weighted by Gasteiger charge is 2.57. The standard InChI is InChI=1S/C27H30F4N2O4.C25H28F4N2O3/c1-25(2,21-14-19(28)6-7-23(21)36-3)16-26(35,27(29,30)31)15-20-12-17-4-5-18(13-22(17)32-20)24(34)33-8-10-37-11-9-33;1-23(2,19-12-17(26)8-9-21(19)34-5)14-24(33,25(27,28)29)13-18-10-15-6-7-16(11-20(15)30-18)22(32)31(3)4/h4-7,12-14,32,35H,8-11,15-16H2,1-3H3;6-12,30,33H,13-14H2,1-5H3. The Morgan fingerprint density at radius 2 is 1.04 bits per heavy atom. The molecule has 6 aromatic rings. The van der Waals surface area contributed by atoms with Gasteiger partial charge in [0, 0.05) is 84.7 Å². The van der Waals surface area contributed by atoms with E-state index >= 15 is 0 Å². The number of morpholine rings is 1. The van der Waals surface area contributed by atoms with E-state index in [0.29, 0.717) is 59.2 Å². The Morgan fingerprint density at radius 3 is 1.44 bits per heavy atom. The number of carbonyl (C=O) groups is 2. The molecule has 11 nitrogen and oxygen atoms in total. The molecule has 19 heteroatoms. The van der Waals surface area contributed by atoms with Crippen LogP contribution in [0.2, 0.25) is 0 Å². The number of methoxy groups -OCH3 is 2. The van der Waals surface area contributed by atoms with Crippen LogP contribution in [-0.2, 0) is 28.4 Å². The highest BCUT2D eigenvalue weighted by molar-refractivity contribution is 5.98. The molecule has 4 aromatic carbocycles. The lowest BCUT2D eigenvalue weighted by Gasteiger charge is -2.38. The zero-order valence-corrected chi connectivity index (χ0v) is 40.6. The summed E-state index contributed by atoms with van der Waals surface area (Å²) in [7, 11) is 5.91. The van der Waals surface area contributed by atoms with Crippen molar-refractivity contribution in [2.24, 2.45) is 0 Å². The molecule has 2 atom stereocenters. The fourth-order valence-corrected chi connectivity index (χ4v) is 9.26. The second-order valence-electron chi connectivity index (χ2n) is 19.5. The number of aromatic nitrogens is 2. The largest absolute Gasteiger partial charge is 0.496 e. The van der Waals surface area contributed by atoms with Gasteiger partial charge in [-0.15, -0.1) is 0 Å². The SMILES string of the molecule is COc1ccc(F)cc1C(C)(C)CC(O)(Cc1cc2ccc(C(=O)N(C)C)cc2[nH]1)C(F)(F)F.COc1ccc(F)cc1C(C)(C)CC(O)(Cc1cc2ccc(C(=O)N3CCOCC3)cc2[nH]1)C(F)(F)F. The maximum absolute atomic E-state index is 14.3. The molecule has 0 radical (unpaired) electrons. The van der Waals surface area contributed by atoms with Crippen LogP contribution in [0.5, 0.6) is 11.5 Å². The summed E-state index contributed by atoms with van der Waals surface area (Å²) in [5.41, 5.74) is -6.28. The molecule has 1 fully saturated rings. The maximum atomic E-state index is 14.3. The van der Waals surface area contributed by atoms with Gasteiger partial charge in [0.2, 0.25) is 0 Å². The lowest BCUT2D eigenvalue weighted by molar-refractivity contribution is -0.266. The van der Waals surface area contributed by atoms with Crippen molar-refractivity contribution in [2.45, 2.75) is 87.8 Å². The topological polar surface area (TPSA) is 140 Å². The monoisotopic (exact) mass is 1000 g/mol. The van der Waals surface area contributed by atoms with E-state index in [9.17, 15) is 54.9 Å². The molecule has 3 heterocycles. The van der Waals surface area contributed by atoms with E-state index in [4.69, 9.17) is 14.2 Å². The zero-order valence-electron chi connectivity index (χ0n) is 40.6. The summed E-state index contributed by atoms with van der Waals surface area (Å²) in [4.78, 5) is 33.9. The molecular formula is C52H58F8N4O7. The van der Waals surface area contributed by atoms with Crippen molar-refractivity contribution in [1.82, 2.24) is 19.8 Å². The number of aromatic amines is 2. The molecule has 0 spiro atoms. The van der Waals surface area contributed by atoms with Crippen molar-refractivity contribution in [3.63, 3.8) is 0 Å². The van der Waals surface area contributed by atoms with Gasteiger partial charge in [0.25, 0.3) is 11.8 Å². The average Bonchev–Trinajstić information content (AvgIpc) is 3.89. The quantitative estimate of drug-likeness (QED) is 0.0797. The third-order valence-electron chi connectivity index (χ3n) is 12.8. The zero-order chi connectivity index (χ0) is 52.5. The minimum atomic E-state index is -4.97. The predicted molar refractivity (Wildman–Crippen MR) is 252 cm³/mol. The Bertz CT molecular complexity index is 2870. The van der Waals surface area contributed by atoms with Crippen molar-refractivity contribution >= 4 is 33.6 Å². The Labute approximate surface area is 405 Å². The third kappa shape index (κ3) is 12.1. The van der Waals surface area contributed by atoms with Gasteiger partial charge < -0.3 is 44.2 Å². The van der Waals surface area contributed by atoms with Gasteiger partial charge in [-0.3, -0.25) is 9.59 Å². The van der Waals surface area contributed by atoms with Gasteiger partial charge in [-0.25, -0.2) is 8.78 Å². The van der Waals surface area contributed by atoms with Crippen molar-refractivity contribution < 1.29 is 69.1 Å². The average molecular weight is 1000 g/mol. The first-order valence-corrected chi connectivity index (χ1v) is 22.6. The fourth-order valence-electron chi connectivity index (χ4n) is 9.26. The van der Waals surface area contributed by atoms with Crippen LogP contribution in [0, 0.1) is 11.6 Å². The second-order valence-corrected chi connectivity index (χ2v) is 19.5. The Hall–Kier alpha value is -6.18. The number of alkyl halides is 6. The van der Waals surface area contributed by atoms with Crippen LogP contribution < -0.4 is 9.47 Å². The normalized spacial score (nSPS) is 15.4. The molecule has 0 aliphatic carbocycles. The lowest BCUT2D eigenvalue weighted by atomic mass is 9.73. The van der Waals surface area contributed by atoms with Crippen LogP contribution >= 0.6 is 0 Å². The number of fused-ring (bicyclic) bond motifs is 2. The minimum Gasteiger partial charge on any atom is -0.496 e. The molecule has 2 unspecified atom stereocenters. The highest BCUT2D eigenvalue weighted by atomic mass is 19.4. The molecule has 2 aromatic heterocycles. The number of nitrogens with one attached hydrogen (secondary N) is 2. The Morgan fingerprint density at radius 1 is 0.634 bits per heavy atom. The number of ether oxygens (including phenoxy) is 3. The number of nitrogens with zero attached hydrogens (tertiary/aromatic N) is 2. The molecule has 0 saturated carbocycles. The Kier molecular flexibility index (Phi) is 15.6. The van der Waals surface area contributed by atoms with Crippen LogP contribution in [0.3, 0.4) is 0 Å². The molecule has 0 bridgehead atoms. The maximum Gasteiger partial charge on any atom is 0.417 e. The summed E-state index contributed by atoms with van der Waals surface area (Å²) in [5.74, 6) is -1.18. The van der Waals surface area contributed by atoms with Crippen LogP contribution in [-0.4, -0.2) is 120 Å². The van der Waals surface area contributed by atoms with E-state index < -0.39 is 71.7 Å². The first-order valence-electron chi connectivity index (χ1n) is 22.6. The summed E-state index contributed by atoms with van der Waals surface area (Å²) in [6.07, 6.45) is -12.9. The summed E-state index contributed by atoms with van der Waals surface area (Å²) in [6, 6.07) is 20.0. The lowest BCUT2D eigenvalue weighted by Crippen LogP contribution is -2.51. The molecule has 71 heavy (non-hydrogen) atoms. The number of benzene rings is 4. The predicted octanol–water partition coefficient (Wildman–Crippen LogP) is 10.2. The molecular weight excluding hydrogens is 945 g/mol. The number of carbonyl (C=O) groups excluding carboxylic acids is 2. The van der Waals surface area contributed by atoms with Crippen LogP contribution in [0.4, 0.5) is 35.1 Å². The van der Waals surface area contributed by atoms with Crippen molar-refractivity contribution in [3.05, 3.63) is 130 Å². The molecule has 1 saturated heterocycles. The number of aliphatic hydroxyl groups is 2. The van der Waals surface area contributed by atoms with E-state index in [1.54, 1.807) is 55.4 Å². The van der Waals surface area contributed by atoms with Crippen LogP contribution in [0.25, 0.3) is 21.8 Å². The van der Waals surface area contributed by atoms with Crippen LogP contribution in [0.1, 0.15) is 83.8 Å². The number of hydrogen-bond donors (Lipinski definition) is 4. The fraction of sp³-hybridized carbons (Fsp3) is 0.423. The highest BCUT2D eigenvalue weighted by Crippen LogP contribution is 2.47. The second kappa shape index (κ2) is 20.5. The third-order valence-corrected chi connectivity index (χ3v) is 12.8. The number of amides is 2. The van der Waals surface area contributed by atoms with Gasteiger partial charge >= 0.3 is 12.4 Å². The number of H-pyrrole nitrogens is 2. The molecule has 1 aliphatic heterocycles. The molecule has 4 N–H and O–H groups in total. The number of hydrogen-bond acceptors (Lipinski definition) is 7. The van der Waals surface area contributed by atoms with Crippen molar-refractivity contribution in [3.8, 4) is 11.5 Å². The summed E-state index contributed by atoms with van der Waals surface area (Å²) >= 11 is 0. The van der Waals surface area contributed by atoms with E-state index in [2.05, 4.69) is 9.97 Å². The van der Waals surface area contributed by atoms with Gasteiger partial charge in [0.05, 0.1) is 27.4 Å². The van der Waals surface area contributed by atoms with Gasteiger partial charge in [-0.1, -0.05) is 39.8 Å². The van der Waals surface area contributed by atoms with Crippen molar-refractivity contribution in [1.29, 1.82) is 0 Å². The van der Waals surface area contributed by atoms with E-state index in [0.717, 1.165) is 24.3 Å². The number of halogens is 8. The smallest absolute Gasteiger partial charge is 0.417 e. The van der Waals surface area contributed by atoms with E-state index in [1.165, 1.54) is 71.1 Å².